The van der Waals surface area contributed by atoms with Crippen molar-refractivity contribution in [3.8, 4) is 0 Å². The van der Waals surface area contributed by atoms with Crippen LogP contribution in [-0.4, -0.2) is 39.4 Å². The van der Waals surface area contributed by atoms with Gasteiger partial charge in [0, 0.05) is 41.6 Å². The molecule has 0 saturated carbocycles. The van der Waals surface area contributed by atoms with Gasteiger partial charge in [-0.15, -0.1) is 0 Å². The first kappa shape index (κ1) is 24.7. The van der Waals surface area contributed by atoms with Gasteiger partial charge in [0.1, 0.15) is 0 Å². The van der Waals surface area contributed by atoms with E-state index in [1.165, 1.54) is 0 Å². The average molecular weight is 486 g/mol. The third-order valence-corrected chi connectivity index (χ3v) is 4.75. The Hall–Kier alpha value is -2.97. The van der Waals surface area contributed by atoms with E-state index in [-0.39, 0.29) is 23.1 Å². The maximum atomic E-state index is 4.95. The standard InChI is InChI=1S/C20H14N4.C6H13O2.Co/c1-2-14-10-16-5-6-18(23-16)12-20-8-7-19(24-20)11-17-4-3-15(22-17)9-13(1)21-14;1-4-7-6(3)8-5-2;/h1-12,21-22H;6H,3-5H2,1-2H3;/q;-1;+3. The summed E-state index contributed by atoms with van der Waals surface area (Å²) in [5.74, 6) is 0. The Labute approximate surface area is 204 Å². The van der Waals surface area contributed by atoms with E-state index in [2.05, 4.69) is 57.2 Å². The Morgan fingerprint density at radius 2 is 1.03 bits per heavy atom. The van der Waals surface area contributed by atoms with Gasteiger partial charge in [0.2, 0.25) is 0 Å². The summed E-state index contributed by atoms with van der Waals surface area (Å²) in [5, 5.41) is 0. The Balaban J connectivity index is 0.000000297. The van der Waals surface area contributed by atoms with Crippen molar-refractivity contribution in [1.29, 1.82) is 0 Å². The van der Waals surface area contributed by atoms with Crippen molar-refractivity contribution < 1.29 is 26.3 Å². The van der Waals surface area contributed by atoms with Crippen LogP contribution in [-0.2, 0) is 26.3 Å². The summed E-state index contributed by atoms with van der Waals surface area (Å²) < 4.78 is 9.90. The molecule has 0 spiro atoms. The van der Waals surface area contributed by atoms with Crippen LogP contribution < -0.4 is 0 Å². The number of aromatic amines is 2. The molecule has 5 rings (SSSR count). The number of rotatable bonds is 4. The molecule has 6 nitrogen and oxygen atoms in total. The van der Waals surface area contributed by atoms with Gasteiger partial charge in [0.05, 0.1) is 22.8 Å². The number of aromatic nitrogens is 4. The molecule has 2 N–H and O–H groups in total. The quantitative estimate of drug-likeness (QED) is 0.246. The second kappa shape index (κ2) is 11.8. The van der Waals surface area contributed by atoms with Gasteiger partial charge in [0.25, 0.3) is 0 Å². The zero-order valence-corrected chi connectivity index (χ0v) is 19.7. The summed E-state index contributed by atoms with van der Waals surface area (Å²) >= 11 is 0. The van der Waals surface area contributed by atoms with Gasteiger partial charge in [-0.2, -0.15) is 0 Å². The molecule has 0 unspecified atom stereocenters. The first-order chi connectivity index (χ1) is 15.6. The zero-order chi connectivity index (χ0) is 22.3. The van der Waals surface area contributed by atoms with Crippen molar-refractivity contribution in [1.82, 2.24) is 19.9 Å². The Kier molecular flexibility index (Phi) is 8.79. The molecule has 2 aliphatic rings. The molecular weight excluding hydrogens is 459 g/mol. The zero-order valence-electron chi connectivity index (χ0n) is 18.7. The minimum absolute atomic E-state index is 0. The molecule has 0 radical (unpaired) electrons. The molecule has 0 atom stereocenters. The number of hydrogen-bond donors (Lipinski definition) is 2. The molecule has 3 aromatic rings. The molecule has 0 amide bonds. The summed E-state index contributed by atoms with van der Waals surface area (Å²) in [6.07, 6.45) is 7.76. The van der Waals surface area contributed by atoms with E-state index < -0.39 is 0 Å². The van der Waals surface area contributed by atoms with E-state index in [1.54, 1.807) is 0 Å². The molecule has 0 aromatic carbocycles. The molecule has 3 aromatic heterocycles. The van der Waals surface area contributed by atoms with Crippen molar-refractivity contribution in [3.05, 3.63) is 78.2 Å². The summed E-state index contributed by atoms with van der Waals surface area (Å²) in [4.78, 5) is 16.0. The third-order valence-electron chi connectivity index (χ3n) is 4.75. The number of nitrogens with one attached hydrogen (secondary N) is 2. The molecule has 170 valence electrons. The van der Waals surface area contributed by atoms with E-state index >= 15 is 0 Å². The maximum Gasteiger partial charge on any atom is 3.00 e. The second-order valence-corrected chi connectivity index (χ2v) is 7.25. The Morgan fingerprint density at radius 1 is 0.667 bits per heavy atom. The number of ether oxygens (including phenoxy) is 2. The normalized spacial score (nSPS) is 11.8. The predicted molar refractivity (Wildman–Crippen MR) is 131 cm³/mol. The first-order valence-corrected chi connectivity index (χ1v) is 10.7. The minimum Gasteiger partial charge on any atom is -0.384 e. The summed E-state index contributed by atoms with van der Waals surface area (Å²) in [7, 11) is 0. The van der Waals surface area contributed by atoms with Gasteiger partial charge in [-0.1, -0.05) is 0 Å². The van der Waals surface area contributed by atoms with Crippen LogP contribution in [0, 0.1) is 6.92 Å². The van der Waals surface area contributed by atoms with E-state index in [0.717, 1.165) is 44.8 Å². The van der Waals surface area contributed by atoms with Crippen molar-refractivity contribution in [2.75, 3.05) is 13.2 Å². The van der Waals surface area contributed by atoms with Crippen molar-refractivity contribution >= 4 is 46.4 Å². The molecule has 2 aliphatic heterocycles. The Morgan fingerprint density at radius 3 is 1.42 bits per heavy atom. The van der Waals surface area contributed by atoms with Crippen LogP contribution in [0.15, 0.2) is 48.5 Å². The van der Waals surface area contributed by atoms with Crippen molar-refractivity contribution in [3.63, 3.8) is 0 Å². The van der Waals surface area contributed by atoms with Crippen LogP contribution in [0.2, 0.25) is 0 Å². The maximum absolute atomic E-state index is 4.95. The average Bonchev–Trinajstić information content (AvgIpc) is 3.55. The van der Waals surface area contributed by atoms with Gasteiger partial charge in [-0.05, 0) is 86.7 Å². The molecule has 33 heavy (non-hydrogen) atoms. The predicted octanol–water partition coefficient (Wildman–Crippen LogP) is 5.87. The summed E-state index contributed by atoms with van der Waals surface area (Å²) in [5.41, 5.74) is 7.86. The van der Waals surface area contributed by atoms with E-state index in [9.17, 15) is 0 Å². The topological polar surface area (TPSA) is 75.8 Å². The summed E-state index contributed by atoms with van der Waals surface area (Å²) in [6, 6.07) is 16.4. The SMILES string of the molecule is C1=Cc2cc3ccc(cc4ccc(cc5nc(cc1n2)C=C5)[nH]4)[nH]3.[CH2-]C(OCC)OCC.[Co+3]. The molecular formula is C26H27CoN4O2+2. The number of H-pyrrole nitrogens is 2. The van der Waals surface area contributed by atoms with E-state index in [4.69, 9.17) is 9.47 Å². The van der Waals surface area contributed by atoms with Crippen LogP contribution in [0.3, 0.4) is 0 Å². The number of nitrogens with zero attached hydrogens (tertiary/aromatic N) is 2. The molecule has 5 heterocycles. The van der Waals surface area contributed by atoms with Gasteiger partial charge >= 0.3 is 16.8 Å². The molecule has 8 bridgehead atoms. The molecule has 0 saturated heterocycles. The van der Waals surface area contributed by atoms with Crippen LogP contribution in [0.4, 0.5) is 0 Å². The van der Waals surface area contributed by atoms with Crippen molar-refractivity contribution in [2.45, 2.75) is 20.1 Å². The smallest absolute Gasteiger partial charge is 0.384 e. The van der Waals surface area contributed by atoms with Crippen molar-refractivity contribution in [2.24, 2.45) is 0 Å². The second-order valence-electron chi connectivity index (χ2n) is 7.25. The molecule has 0 aliphatic carbocycles. The first-order valence-electron chi connectivity index (χ1n) is 10.7. The monoisotopic (exact) mass is 486 g/mol. The molecule has 7 heteroatoms. The largest absolute Gasteiger partial charge is 3.00 e. The van der Waals surface area contributed by atoms with Gasteiger partial charge in [0.15, 0.2) is 0 Å². The van der Waals surface area contributed by atoms with Crippen LogP contribution >= 0.6 is 0 Å². The fraction of sp³-hybridized carbons (Fsp3) is 0.192. The van der Waals surface area contributed by atoms with Crippen LogP contribution in [0.5, 0.6) is 0 Å². The van der Waals surface area contributed by atoms with Crippen LogP contribution in [0.25, 0.3) is 46.4 Å². The van der Waals surface area contributed by atoms with Gasteiger partial charge in [-0.25, -0.2) is 9.97 Å². The Bertz CT molecular complexity index is 1200. The minimum atomic E-state index is -0.287. The third kappa shape index (κ3) is 7.00. The van der Waals surface area contributed by atoms with E-state index in [0.29, 0.717) is 13.2 Å². The van der Waals surface area contributed by atoms with Gasteiger partial charge in [-0.3, -0.25) is 6.92 Å². The summed E-state index contributed by atoms with van der Waals surface area (Å²) in [6.45, 7) is 8.72. The van der Waals surface area contributed by atoms with Gasteiger partial charge < -0.3 is 19.4 Å². The molecule has 0 fully saturated rings. The van der Waals surface area contributed by atoms with Crippen LogP contribution in [0.1, 0.15) is 36.6 Å². The fourth-order valence-electron chi connectivity index (χ4n) is 3.36. The fourth-order valence-corrected chi connectivity index (χ4v) is 3.36. The number of hydrogen-bond acceptors (Lipinski definition) is 4. The van der Waals surface area contributed by atoms with E-state index in [1.807, 2.05) is 56.4 Å². The number of fused-ring (bicyclic) bond motifs is 8.